The Labute approximate surface area is 303 Å². The van der Waals surface area contributed by atoms with Gasteiger partial charge in [0.15, 0.2) is 12.0 Å². The minimum absolute atomic E-state index is 0.0336. The van der Waals surface area contributed by atoms with Gasteiger partial charge >= 0.3 is 6.01 Å². The number of hydrogen-bond donors (Lipinski definition) is 0. The zero-order chi connectivity index (χ0) is 36.0. The summed E-state index contributed by atoms with van der Waals surface area (Å²) in [6.45, 7) is 9.69. The number of rotatable bonds is 10. The van der Waals surface area contributed by atoms with E-state index in [-0.39, 0.29) is 36.7 Å². The molecule has 1 aliphatic carbocycles. The van der Waals surface area contributed by atoms with Crippen LogP contribution in [0.3, 0.4) is 0 Å². The van der Waals surface area contributed by atoms with Gasteiger partial charge in [-0.15, -0.1) is 6.42 Å². The van der Waals surface area contributed by atoms with Crippen molar-refractivity contribution in [2.45, 2.75) is 103 Å². The minimum Gasteiger partial charge on any atom is -0.486 e. The second-order valence-corrected chi connectivity index (χ2v) is 15.1. The highest BCUT2D eigenvalue weighted by Crippen LogP contribution is 2.53. The van der Waals surface area contributed by atoms with E-state index in [2.05, 4.69) is 12.0 Å². The fraction of sp³-hybridized carbons (Fsp3) is 0.452. The molecule has 270 valence electrons. The molecule has 4 heterocycles. The van der Waals surface area contributed by atoms with Crippen LogP contribution >= 0.6 is 0 Å². The minimum atomic E-state index is -0.563. The fourth-order valence-electron chi connectivity index (χ4n) is 7.28. The molecule has 52 heavy (non-hydrogen) atoms. The first-order chi connectivity index (χ1) is 25.2. The molecule has 3 fully saturated rings. The van der Waals surface area contributed by atoms with Gasteiger partial charge in [0, 0.05) is 41.4 Å². The molecule has 2 aliphatic heterocycles. The molecule has 2 aromatic heterocycles. The van der Waals surface area contributed by atoms with Crippen LogP contribution in [0.5, 0.6) is 17.6 Å². The number of ether oxygens (including phenoxy) is 5. The molecule has 1 saturated carbocycles. The summed E-state index contributed by atoms with van der Waals surface area (Å²) in [7, 11) is 0. The third kappa shape index (κ3) is 6.92. The summed E-state index contributed by atoms with van der Waals surface area (Å²) in [4.78, 5) is 9.84. The van der Waals surface area contributed by atoms with E-state index in [1.54, 1.807) is 6.07 Å². The van der Waals surface area contributed by atoms with Crippen LogP contribution in [0.15, 0.2) is 42.6 Å². The van der Waals surface area contributed by atoms with Gasteiger partial charge in [0.25, 0.3) is 0 Å². The largest absolute Gasteiger partial charge is 0.486 e. The van der Waals surface area contributed by atoms with E-state index >= 15 is 4.39 Å². The molecule has 8 rings (SSSR count). The normalized spacial score (nSPS) is 19.2. The molecule has 0 amide bonds. The summed E-state index contributed by atoms with van der Waals surface area (Å²) in [6.07, 6.45) is 13.9. The van der Waals surface area contributed by atoms with Gasteiger partial charge in [-0.05, 0) is 113 Å². The Morgan fingerprint density at radius 2 is 1.75 bits per heavy atom. The second-order valence-electron chi connectivity index (χ2n) is 15.1. The van der Waals surface area contributed by atoms with Crippen molar-refractivity contribution in [3.63, 3.8) is 0 Å². The number of aromatic nitrogens is 4. The third-order valence-corrected chi connectivity index (χ3v) is 10.0. The summed E-state index contributed by atoms with van der Waals surface area (Å²) < 4.78 is 49.7. The quantitative estimate of drug-likeness (QED) is 0.133. The summed E-state index contributed by atoms with van der Waals surface area (Å²) in [5.74, 6) is 3.52. The molecular weight excluding hydrogens is 659 g/mol. The number of nitrogens with zero attached hydrogens (tertiary/aromatic N) is 4. The van der Waals surface area contributed by atoms with E-state index < -0.39 is 5.60 Å². The molecule has 1 unspecified atom stereocenters. The highest BCUT2D eigenvalue weighted by Gasteiger charge is 2.34. The van der Waals surface area contributed by atoms with E-state index in [1.165, 1.54) is 0 Å². The maximum Gasteiger partial charge on any atom is 0.320 e. The Hall–Kier alpha value is -4.72. The second kappa shape index (κ2) is 14.0. The van der Waals surface area contributed by atoms with Crippen LogP contribution < -0.4 is 14.2 Å². The van der Waals surface area contributed by atoms with Crippen molar-refractivity contribution in [1.82, 2.24) is 19.7 Å². The molecule has 9 nitrogen and oxygen atoms in total. The van der Waals surface area contributed by atoms with Crippen molar-refractivity contribution in [1.29, 1.82) is 0 Å². The Balaban J connectivity index is 1.37. The van der Waals surface area contributed by atoms with Gasteiger partial charge in [0.05, 0.1) is 23.2 Å². The summed E-state index contributed by atoms with van der Waals surface area (Å²) in [5.41, 5.74) is 5.43. The molecule has 0 radical (unpaired) electrons. The number of terminal acetylenes is 1. The first kappa shape index (κ1) is 34.4. The van der Waals surface area contributed by atoms with Crippen molar-refractivity contribution >= 4 is 21.8 Å². The molecule has 10 heteroatoms. The van der Waals surface area contributed by atoms with Crippen LogP contribution in [-0.2, 0) is 16.1 Å². The van der Waals surface area contributed by atoms with Crippen LogP contribution in [-0.4, -0.2) is 51.3 Å². The van der Waals surface area contributed by atoms with Gasteiger partial charge in [-0.2, -0.15) is 15.1 Å². The molecule has 0 spiro atoms. The average Bonchev–Trinajstić information content (AvgIpc) is 3.69. The highest BCUT2D eigenvalue weighted by atomic mass is 19.1. The van der Waals surface area contributed by atoms with E-state index in [1.807, 2.05) is 62.8 Å². The van der Waals surface area contributed by atoms with Crippen LogP contribution in [0, 0.1) is 25.1 Å². The van der Waals surface area contributed by atoms with Crippen molar-refractivity contribution < 1.29 is 28.1 Å². The number of halogens is 1. The van der Waals surface area contributed by atoms with Gasteiger partial charge in [-0.3, -0.25) is 0 Å². The lowest BCUT2D eigenvalue weighted by Crippen LogP contribution is -2.24. The zero-order valence-corrected chi connectivity index (χ0v) is 30.3. The maximum absolute atomic E-state index is 16.3. The molecule has 2 saturated heterocycles. The van der Waals surface area contributed by atoms with Gasteiger partial charge in [0.1, 0.15) is 30.1 Å². The molecule has 5 aromatic rings. The molecule has 3 aromatic carbocycles. The molecule has 0 N–H and O–H groups in total. The summed E-state index contributed by atoms with van der Waals surface area (Å²) in [5, 5.41) is 6.33. The van der Waals surface area contributed by atoms with Crippen molar-refractivity contribution in [3.8, 4) is 41.1 Å². The van der Waals surface area contributed by atoms with Gasteiger partial charge in [-0.1, -0.05) is 18.1 Å². The van der Waals surface area contributed by atoms with E-state index in [4.69, 9.17) is 45.2 Å². The molecular formula is C42H45FN4O5. The van der Waals surface area contributed by atoms with Crippen LogP contribution in [0.4, 0.5) is 4.39 Å². The SMILES string of the molecule is C#Cc1ccc(COc2c(-c3c(C)c(F)cc4c3cnn4C3CCCCO3)c(C3CC3)cc3c(OC(C)(C)C)nc(OC[C@@H]4CCCO4)nc23)cc1. The lowest BCUT2D eigenvalue weighted by molar-refractivity contribution is -0.0366. The first-order valence-electron chi connectivity index (χ1n) is 18.5. The Kier molecular flexibility index (Phi) is 9.26. The standard InChI is InChI=1S/C42H45FN4O5/c1-6-26-12-14-27(15-13-26)23-50-39-37(36-25(2)33(43)21-34-32(36)22-44-47(34)35-11-7-8-18-49-35)30(28-16-17-28)20-31-38(39)45-41(46-40(31)52-42(3,4)5)51-24-29-10-9-19-48-29/h1,12-15,20-22,28-29,35H,7-11,16-19,23-24H2,2-5H3/t29-,35?/m0/s1. The Bertz CT molecular complexity index is 2150. The van der Waals surface area contributed by atoms with E-state index in [0.717, 1.165) is 78.1 Å². The summed E-state index contributed by atoms with van der Waals surface area (Å²) >= 11 is 0. The van der Waals surface area contributed by atoms with Crippen molar-refractivity contribution in [2.24, 2.45) is 0 Å². The first-order valence-corrected chi connectivity index (χ1v) is 18.5. The number of benzene rings is 3. The monoisotopic (exact) mass is 704 g/mol. The molecule has 0 bridgehead atoms. The van der Waals surface area contributed by atoms with Gasteiger partial charge < -0.3 is 23.7 Å². The smallest absolute Gasteiger partial charge is 0.320 e. The van der Waals surface area contributed by atoms with Crippen molar-refractivity contribution in [2.75, 3.05) is 19.8 Å². The van der Waals surface area contributed by atoms with Gasteiger partial charge in [0.2, 0.25) is 5.88 Å². The fourth-order valence-corrected chi connectivity index (χ4v) is 7.28. The number of fused-ring (bicyclic) bond motifs is 2. The average molecular weight is 705 g/mol. The third-order valence-electron chi connectivity index (χ3n) is 10.0. The Morgan fingerprint density at radius 3 is 2.44 bits per heavy atom. The number of hydrogen-bond acceptors (Lipinski definition) is 8. The zero-order valence-electron chi connectivity index (χ0n) is 30.3. The molecule has 3 aliphatic rings. The lowest BCUT2D eigenvalue weighted by atomic mass is 9.88. The topological polar surface area (TPSA) is 89.8 Å². The lowest BCUT2D eigenvalue weighted by Gasteiger charge is -2.25. The van der Waals surface area contributed by atoms with Crippen LogP contribution in [0.1, 0.15) is 100 Å². The van der Waals surface area contributed by atoms with Crippen LogP contribution in [0.25, 0.3) is 32.9 Å². The van der Waals surface area contributed by atoms with Crippen molar-refractivity contribution in [3.05, 3.63) is 70.7 Å². The Morgan fingerprint density at radius 1 is 0.942 bits per heavy atom. The van der Waals surface area contributed by atoms with Crippen LogP contribution in [0.2, 0.25) is 0 Å². The van der Waals surface area contributed by atoms with E-state index in [0.29, 0.717) is 53.4 Å². The predicted molar refractivity (Wildman–Crippen MR) is 197 cm³/mol. The summed E-state index contributed by atoms with van der Waals surface area (Å²) in [6, 6.07) is 11.6. The maximum atomic E-state index is 16.3. The van der Waals surface area contributed by atoms with Gasteiger partial charge in [-0.25, -0.2) is 9.07 Å². The molecule has 2 atom stereocenters. The van der Waals surface area contributed by atoms with E-state index in [9.17, 15) is 0 Å². The predicted octanol–water partition coefficient (Wildman–Crippen LogP) is 8.97. The highest BCUT2D eigenvalue weighted by molar-refractivity contribution is 6.05.